The van der Waals surface area contributed by atoms with Gasteiger partial charge in [0, 0.05) is 11.0 Å². The molecule has 1 amide bonds. The molecule has 2 aromatic carbocycles. The molecule has 1 heterocycles. The van der Waals surface area contributed by atoms with E-state index in [0.29, 0.717) is 12.2 Å². The number of carbonyl (C=O) groups is 1. The summed E-state index contributed by atoms with van der Waals surface area (Å²) in [6, 6.07) is 15.1. The van der Waals surface area contributed by atoms with Crippen molar-refractivity contribution < 1.29 is 13.2 Å². The third kappa shape index (κ3) is 6.04. The van der Waals surface area contributed by atoms with Crippen molar-refractivity contribution in [3.8, 4) is 0 Å². The van der Waals surface area contributed by atoms with Crippen LogP contribution in [0.4, 0.5) is 5.69 Å². The third-order valence-corrected chi connectivity index (χ3v) is 7.22. The lowest BCUT2D eigenvalue weighted by Crippen LogP contribution is -2.41. The Labute approximate surface area is 181 Å². The smallest absolute Gasteiger partial charge is 0.264 e. The Balaban J connectivity index is 1.68. The first-order chi connectivity index (χ1) is 14.0. The van der Waals surface area contributed by atoms with E-state index in [0.717, 1.165) is 34.8 Å². The molecule has 0 saturated carbocycles. The van der Waals surface area contributed by atoms with Crippen LogP contribution in [0.1, 0.15) is 19.3 Å². The largest absolute Gasteiger partial charge is 0.354 e. The Kier molecular flexibility index (Phi) is 7.69. The molecule has 29 heavy (non-hydrogen) atoms. The molecule has 1 N–H and O–H groups in total. The van der Waals surface area contributed by atoms with Gasteiger partial charge < -0.3 is 10.2 Å². The van der Waals surface area contributed by atoms with Crippen molar-refractivity contribution in [2.75, 3.05) is 37.0 Å². The topological polar surface area (TPSA) is 69.7 Å². The van der Waals surface area contributed by atoms with E-state index in [1.165, 1.54) is 25.0 Å². The molecule has 0 spiro atoms. The Morgan fingerprint density at radius 2 is 1.69 bits per heavy atom. The van der Waals surface area contributed by atoms with E-state index in [2.05, 4.69) is 26.1 Å². The van der Waals surface area contributed by atoms with Crippen molar-refractivity contribution >= 4 is 37.5 Å². The van der Waals surface area contributed by atoms with Gasteiger partial charge in [-0.3, -0.25) is 9.10 Å². The van der Waals surface area contributed by atoms with Crippen molar-refractivity contribution in [3.63, 3.8) is 0 Å². The monoisotopic (exact) mass is 479 g/mol. The van der Waals surface area contributed by atoms with Crippen molar-refractivity contribution in [3.05, 3.63) is 59.1 Å². The zero-order valence-electron chi connectivity index (χ0n) is 16.3. The summed E-state index contributed by atoms with van der Waals surface area (Å²) in [5.41, 5.74) is 0.448. The standard InChI is InChI=1S/C21H26BrN3O3S/c22-18-9-11-19(12-10-18)25(29(27,28)20-7-2-1-3-8-20)17-21(26)23-13-6-16-24-14-4-5-15-24/h1-3,7-12H,4-6,13-17H2,(H,23,26). The van der Waals surface area contributed by atoms with E-state index in [9.17, 15) is 13.2 Å². The molecular weight excluding hydrogens is 454 g/mol. The molecule has 0 unspecified atom stereocenters. The van der Waals surface area contributed by atoms with Crippen LogP contribution in [-0.2, 0) is 14.8 Å². The van der Waals surface area contributed by atoms with Crippen molar-refractivity contribution in [1.82, 2.24) is 10.2 Å². The van der Waals surface area contributed by atoms with Crippen molar-refractivity contribution in [2.45, 2.75) is 24.2 Å². The number of likely N-dealkylation sites (tertiary alicyclic amines) is 1. The highest BCUT2D eigenvalue weighted by Gasteiger charge is 2.27. The summed E-state index contributed by atoms with van der Waals surface area (Å²) in [5.74, 6) is -0.311. The molecule has 2 aromatic rings. The average Bonchev–Trinajstić information content (AvgIpc) is 3.24. The summed E-state index contributed by atoms with van der Waals surface area (Å²) in [6.45, 7) is 3.48. The van der Waals surface area contributed by atoms with Crippen molar-refractivity contribution in [1.29, 1.82) is 0 Å². The lowest BCUT2D eigenvalue weighted by molar-refractivity contribution is -0.119. The van der Waals surface area contributed by atoms with Gasteiger partial charge >= 0.3 is 0 Å². The molecule has 3 rings (SSSR count). The number of anilines is 1. The van der Waals surface area contributed by atoms with E-state index in [4.69, 9.17) is 0 Å². The SMILES string of the molecule is O=C(CN(c1ccc(Br)cc1)S(=O)(=O)c1ccccc1)NCCCN1CCCC1. The fourth-order valence-electron chi connectivity index (χ4n) is 3.37. The Morgan fingerprint density at radius 3 is 2.34 bits per heavy atom. The van der Waals surface area contributed by atoms with Gasteiger partial charge in [-0.25, -0.2) is 8.42 Å². The lowest BCUT2D eigenvalue weighted by atomic mass is 10.3. The molecule has 0 radical (unpaired) electrons. The Bertz CT molecular complexity index is 899. The highest BCUT2D eigenvalue weighted by Crippen LogP contribution is 2.25. The number of hydrogen-bond acceptors (Lipinski definition) is 4. The number of carbonyl (C=O) groups excluding carboxylic acids is 1. The maximum absolute atomic E-state index is 13.2. The Hall–Kier alpha value is -1.90. The summed E-state index contributed by atoms with van der Waals surface area (Å²) in [7, 11) is -3.86. The van der Waals surface area contributed by atoms with E-state index < -0.39 is 10.0 Å². The fourth-order valence-corrected chi connectivity index (χ4v) is 5.07. The highest BCUT2D eigenvalue weighted by molar-refractivity contribution is 9.10. The van der Waals surface area contributed by atoms with Crippen LogP contribution in [0.15, 0.2) is 64.0 Å². The normalized spacial score (nSPS) is 14.7. The van der Waals surface area contributed by atoms with E-state index >= 15 is 0 Å². The van der Waals surface area contributed by atoms with Gasteiger partial charge in [-0.15, -0.1) is 0 Å². The first-order valence-corrected chi connectivity index (χ1v) is 12.0. The van der Waals surface area contributed by atoms with E-state index in [1.807, 2.05) is 0 Å². The molecule has 0 aliphatic carbocycles. The van der Waals surface area contributed by atoms with Crippen LogP contribution >= 0.6 is 15.9 Å². The molecule has 0 atom stereocenters. The number of amides is 1. The highest BCUT2D eigenvalue weighted by atomic mass is 79.9. The number of nitrogens with one attached hydrogen (secondary N) is 1. The molecule has 156 valence electrons. The van der Waals surface area contributed by atoms with Gasteiger partial charge in [0.05, 0.1) is 10.6 Å². The molecule has 0 aromatic heterocycles. The number of benzene rings is 2. The molecule has 0 bridgehead atoms. The quantitative estimate of drug-likeness (QED) is 0.560. The predicted octanol–water partition coefficient (Wildman–Crippen LogP) is 3.25. The first kappa shape index (κ1) is 21.8. The minimum atomic E-state index is -3.86. The van der Waals surface area contributed by atoms with Gasteiger partial charge in [-0.1, -0.05) is 34.1 Å². The van der Waals surface area contributed by atoms with Gasteiger partial charge in [-0.05, 0) is 75.3 Å². The summed E-state index contributed by atoms with van der Waals surface area (Å²) < 4.78 is 28.4. The zero-order chi connectivity index (χ0) is 20.7. The average molecular weight is 480 g/mol. The minimum absolute atomic E-state index is 0.157. The van der Waals surface area contributed by atoms with Crippen LogP contribution in [0.25, 0.3) is 0 Å². The number of nitrogens with zero attached hydrogens (tertiary/aromatic N) is 2. The van der Waals surface area contributed by atoms with Crippen LogP contribution in [0.3, 0.4) is 0 Å². The summed E-state index contributed by atoms with van der Waals surface area (Å²) in [6.07, 6.45) is 3.34. The molecule has 6 nitrogen and oxygen atoms in total. The van der Waals surface area contributed by atoms with Gasteiger partial charge in [0.25, 0.3) is 10.0 Å². The maximum Gasteiger partial charge on any atom is 0.264 e. The summed E-state index contributed by atoms with van der Waals surface area (Å²) >= 11 is 3.36. The van der Waals surface area contributed by atoms with E-state index in [1.54, 1.807) is 42.5 Å². The number of halogens is 1. The molecule has 1 aliphatic heterocycles. The van der Waals surface area contributed by atoms with Gasteiger partial charge in [0.15, 0.2) is 0 Å². The number of sulfonamides is 1. The van der Waals surface area contributed by atoms with Crippen LogP contribution in [0.5, 0.6) is 0 Å². The molecule has 1 aliphatic rings. The summed E-state index contributed by atoms with van der Waals surface area (Å²) in [5, 5.41) is 2.86. The van der Waals surface area contributed by atoms with Crippen LogP contribution < -0.4 is 9.62 Å². The van der Waals surface area contributed by atoms with Crippen molar-refractivity contribution in [2.24, 2.45) is 0 Å². The first-order valence-electron chi connectivity index (χ1n) is 9.79. The molecule has 8 heteroatoms. The molecule has 1 saturated heterocycles. The molecule has 1 fully saturated rings. The second-order valence-corrected chi connectivity index (χ2v) is 9.83. The second-order valence-electron chi connectivity index (χ2n) is 7.05. The fraction of sp³-hybridized carbons (Fsp3) is 0.381. The van der Waals surface area contributed by atoms with Gasteiger partial charge in [0.1, 0.15) is 6.54 Å². The molecular formula is C21H26BrN3O3S. The van der Waals surface area contributed by atoms with Crippen LogP contribution in [0.2, 0.25) is 0 Å². The minimum Gasteiger partial charge on any atom is -0.354 e. The van der Waals surface area contributed by atoms with Crippen LogP contribution in [-0.4, -0.2) is 51.9 Å². The second kappa shape index (κ2) is 10.2. The lowest BCUT2D eigenvalue weighted by Gasteiger charge is -2.24. The predicted molar refractivity (Wildman–Crippen MR) is 118 cm³/mol. The maximum atomic E-state index is 13.2. The summed E-state index contributed by atoms with van der Waals surface area (Å²) in [4.78, 5) is 15.1. The number of rotatable bonds is 9. The third-order valence-electron chi connectivity index (χ3n) is 4.90. The zero-order valence-corrected chi connectivity index (χ0v) is 18.7. The van der Waals surface area contributed by atoms with Gasteiger partial charge in [-0.2, -0.15) is 0 Å². The Morgan fingerprint density at radius 1 is 1.03 bits per heavy atom. The number of hydrogen-bond donors (Lipinski definition) is 1. The van der Waals surface area contributed by atoms with E-state index in [-0.39, 0.29) is 17.3 Å². The van der Waals surface area contributed by atoms with Gasteiger partial charge in [0.2, 0.25) is 5.91 Å². The van der Waals surface area contributed by atoms with Crippen LogP contribution in [0, 0.1) is 0 Å².